The second-order valence-corrected chi connectivity index (χ2v) is 7.71. The van der Waals surface area contributed by atoms with Crippen LogP contribution in [0, 0.1) is 0 Å². The molecule has 0 saturated carbocycles. The molecule has 0 unspecified atom stereocenters. The number of methoxy groups -OCH3 is 1. The van der Waals surface area contributed by atoms with E-state index in [2.05, 4.69) is 52.8 Å². The molecule has 132 valence electrons. The van der Waals surface area contributed by atoms with E-state index in [9.17, 15) is 0 Å². The number of aryl methyl sites for hydroxylation is 1. The lowest BCUT2D eigenvalue weighted by molar-refractivity contribution is 0.0757. The predicted octanol–water partition coefficient (Wildman–Crippen LogP) is 5.91. The van der Waals surface area contributed by atoms with Crippen LogP contribution in [0.15, 0.2) is 18.2 Å². The Balaban J connectivity index is 2.36. The van der Waals surface area contributed by atoms with Crippen LogP contribution in [0.25, 0.3) is 0 Å². The van der Waals surface area contributed by atoms with Crippen LogP contribution in [0.4, 0.5) is 0 Å². The van der Waals surface area contributed by atoms with Gasteiger partial charge >= 0.3 is 0 Å². The molecule has 1 aromatic rings. The highest BCUT2D eigenvalue weighted by Gasteiger charge is 2.15. The Hall–Kier alpha value is -1.02. The Morgan fingerprint density at radius 2 is 1.61 bits per heavy atom. The van der Waals surface area contributed by atoms with Crippen molar-refractivity contribution in [3.8, 4) is 5.75 Å². The summed E-state index contributed by atoms with van der Waals surface area (Å²) in [7, 11) is 1.77. The fourth-order valence-corrected chi connectivity index (χ4v) is 2.71. The maximum absolute atomic E-state index is 5.58. The number of ether oxygens (including phenoxy) is 2. The Labute approximate surface area is 143 Å². The fraction of sp³-hybridized carbons (Fsp3) is 0.714. The molecule has 0 fully saturated rings. The molecule has 0 bridgehead atoms. The minimum Gasteiger partial charge on any atom is -0.496 e. The van der Waals surface area contributed by atoms with Gasteiger partial charge in [0.15, 0.2) is 0 Å². The summed E-state index contributed by atoms with van der Waals surface area (Å²) < 4.78 is 11.1. The highest BCUT2D eigenvalue weighted by atomic mass is 16.5. The van der Waals surface area contributed by atoms with Crippen LogP contribution in [0.2, 0.25) is 0 Å². The predicted molar refractivity (Wildman–Crippen MR) is 99.6 cm³/mol. The van der Waals surface area contributed by atoms with Gasteiger partial charge in [0.05, 0.1) is 13.2 Å². The highest BCUT2D eigenvalue weighted by molar-refractivity contribution is 5.39. The van der Waals surface area contributed by atoms with Crippen molar-refractivity contribution in [2.75, 3.05) is 13.7 Å². The first kappa shape index (κ1) is 20.0. The molecule has 2 heteroatoms. The van der Waals surface area contributed by atoms with Crippen LogP contribution >= 0.6 is 0 Å². The molecule has 23 heavy (non-hydrogen) atoms. The van der Waals surface area contributed by atoms with E-state index >= 15 is 0 Å². The summed E-state index contributed by atoms with van der Waals surface area (Å²) in [5.41, 5.74) is 2.93. The molecule has 2 nitrogen and oxygen atoms in total. The lowest BCUT2D eigenvalue weighted by atomic mass is 9.85. The molecule has 0 atom stereocenters. The highest BCUT2D eigenvalue weighted by Crippen LogP contribution is 2.29. The third kappa shape index (κ3) is 7.87. The van der Waals surface area contributed by atoms with Gasteiger partial charge in [-0.3, -0.25) is 0 Å². The van der Waals surface area contributed by atoms with Crippen molar-refractivity contribution in [2.24, 2.45) is 0 Å². The van der Waals surface area contributed by atoms with Gasteiger partial charge in [-0.05, 0) is 55.7 Å². The first-order valence-electron chi connectivity index (χ1n) is 9.13. The van der Waals surface area contributed by atoms with Crippen LogP contribution in [0.5, 0.6) is 5.75 Å². The van der Waals surface area contributed by atoms with Crippen LogP contribution < -0.4 is 4.74 Å². The van der Waals surface area contributed by atoms with E-state index in [-0.39, 0.29) is 5.41 Å². The van der Waals surface area contributed by atoms with Gasteiger partial charge in [0, 0.05) is 6.61 Å². The molecule has 0 heterocycles. The topological polar surface area (TPSA) is 18.5 Å². The third-order valence-electron chi connectivity index (χ3n) is 4.19. The second-order valence-electron chi connectivity index (χ2n) is 7.71. The summed E-state index contributed by atoms with van der Waals surface area (Å²) in [6.45, 7) is 11.9. The summed E-state index contributed by atoms with van der Waals surface area (Å²) in [6.07, 6.45) is 7.72. The first-order valence-corrected chi connectivity index (χ1v) is 9.13. The number of benzene rings is 1. The molecule has 0 aromatic heterocycles. The zero-order chi connectivity index (χ0) is 17.3. The van der Waals surface area contributed by atoms with Gasteiger partial charge in [-0.1, -0.05) is 52.2 Å². The molecule has 1 rings (SSSR count). The van der Waals surface area contributed by atoms with Gasteiger partial charge in [0.1, 0.15) is 5.75 Å². The van der Waals surface area contributed by atoms with E-state index in [0.29, 0.717) is 6.10 Å². The van der Waals surface area contributed by atoms with Crippen LogP contribution in [-0.2, 0) is 16.6 Å². The zero-order valence-electron chi connectivity index (χ0n) is 16.1. The van der Waals surface area contributed by atoms with E-state index in [1.165, 1.54) is 43.2 Å². The van der Waals surface area contributed by atoms with Crippen molar-refractivity contribution >= 4 is 0 Å². The lowest BCUT2D eigenvalue weighted by Crippen LogP contribution is -2.11. The first-order chi connectivity index (χ1) is 10.8. The van der Waals surface area contributed by atoms with E-state index in [1.54, 1.807) is 7.11 Å². The van der Waals surface area contributed by atoms with Crippen molar-refractivity contribution in [2.45, 2.75) is 84.7 Å². The van der Waals surface area contributed by atoms with Crippen LogP contribution in [0.1, 0.15) is 77.8 Å². The minimum absolute atomic E-state index is 0.192. The zero-order valence-corrected chi connectivity index (χ0v) is 16.1. The van der Waals surface area contributed by atoms with Crippen molar-refractivity contribution < 1.29 is 9.47 Å². The average Bonchev–Trinajstić information content (AvgIpc) is 2.48. The van der Waals surface area contributed by atoms with Gasteiger partial charge < -0.3 is 9.47 Å². The van der Waals surface area contributed by atoms with Crippen LogP contribution in [0.3, 0.4) is 0 Å². The van der Waals surface area contributed by atoms with Gasteiger partial charge in [0.2, 0.25) is 0 Å². The Morgan fingerprint density at radius 3 is 2.22 bits per heavy atom. The largest absolute Gasteiger partial charge is 0.496 e. The molecule has 0 N–H and O–H groups in total. The van der Waals surface area contributed by atoms with Crippen molar-refractivity contribution in [1.29, 1.82) is 0 Å². The van der Waals surface area contributed by atoms with Gasteiger partial charge in [-0.2, -0.15) is 0 Å². The molecule has 0 radical (unpaired) electrons. The molecule has 0 amide bonds. The standard InChI is InChI=1S/C21H36O2/c1-17(2)23-15-11-9-7-8-10-12-18-16-19(21(3,4)5)13-14-20(18)22-6/h13-14,16-17H,7-12,15H2,1-6H3. The summed E-state index contributed by atoms with van der Waals surface area (Å²) >= 11 is 0. The molecule has 0 aliphatic heterocycles. The summed E-state index contributed by atoms with van der Waals surface area (Å²) in [4.78, 5) is 0. The Bertz CT molecular complexity index is 444. The quantitative estimate of drug-likeness (QED) is 0.499. The summed E-state index contributed by atoms with van der Waals surface area (Å²) in [6, 6.07) is 6.64. The van der Waals surface area contributed by atoms with Crippen molar-refractivity contribution in [3.63, 3.8) is 0 Å². The summed E-state index contributed by atoms with van der Waals surface area (Å²) in [5.74, 6) is 1.03. The van der Waals surface area contributed by atoms with E-state index in [1.807, 2.05) is 0 Å². The van der Waals surface area contributed by atoms with E-state index in [4.69, 9.17) is 9.47 Å². The maximum atomic E-state index is 5.58. The van der Waals surface area contributed by atoms with Gasteiger partial charge in [0.25, 0.3) is 0 Å². The van der Waals surface area contributed by atoms with Gasteiger partial charge in [-0.25, -0.2) is 0 Å². The third-order valence-corrected chi connectivity index (χ3v) is 4.19. The van der Waals surface area contributed by atoms with Crippen molar-refractivity contribution in [3.05, 3.63) is 29.3 Å². The smallest absolute Gasteiger partial charge is 0.122 e. The normalized spacial score (nSPS) is 12.0. The molecular weight excluding hydrogens is 284 g/mol. The lowest BCUT2D eigenvalue weighted by Gasteiger charge is -2.21. The number of hydrogen-bond acceptors (Lipinski definition) is 2. The maximum Gasteiger partial charge on any atom is 0.122 e. The van der Waals surface area contributed by atoms with Crippen molar-refractivity contribution in [1.82, 2.24) is 0 Å². The fourth-order valence-electron chi connectivity index (χ4n) is 2.71. The molecule has 0 aliphatic rings. The van der Waals surface area contributed by atoms with Crippen LogP contribution in [-0.4, -0.2) is 19.8 Å². The molecule has 0 spiro atoms. The monoisotopic (exact) mass is 320 g/mol. The number of hydrogen-bond donors (Lipinski definition) is 0. The second kappa shape index (κ2) is 9.97. The molecular formula is C21H36O2. The number of rotatable bonds is 10. The molecule has 1 aromatic carbocycles. The Kier molecular flexibility index (Phi) is 8.68. The summed E-state index contributed by atoms with van der Waals surface area (Å²) in [5, 5.41) is 0. The molecule has 0 aliphatic carbocycles. The SMILES string of the molecule is COc1ccc(C(C)(C)C)cc1CCCCCCCOC(C)C. The molecule has 0 saturated heterocycles. The van der Waals surface area contributed by atoms with E-state index in [0.717, 1.165) is 18.8 Å². The minimum atomic E-state index is 0.192. The number of unbranched alkanes of at least 4 members (excludes halogenated alkanes) is 4. The average molecular weight is 321 g/mol. The van der Waals surface area contributed by atoms with Gasteiger partial charge in [-0.15, -0.1) is 0 Å². The Morgan fingerprint density at radius 1 is 0.957 bits per heavy atom. The van der Waals surface area contributed by atoms with E-state index < -0.39 is 0 Å².